The molecule has 0 amide bonds. The average Bonchev–Trinajstić information content (AvgIpc) is 3.13. The highest BCUT2D eigenvalue weighted by molar-refractivity contribution is 5.81. The molecule has 1 N–H and O–H groups in total. The van der Waals surface area contributed by atoms with Gasteiger partial charge in [0.2, 0.25) is 5.95 Å². The highest BCUT2D eigenvalue weighted by atomic mass is 19.1. The van der Waals surface area contributed by atoms with Crippen LogP contribution in [0.1, 0.15) is 37.8 Å². The predicted octanol–water partition coefficient (Wildman–Crippen LogP) is 3.50. The van der Waals surface area contributed by atoms with Crippen molar-refractivity contribution in [3.05, 3.63) is 35.8 Å². The standard InChI is InChI=1S/C16H19FN4/c1-2-9-20-10-5-8-13(20)14-15(17)19-21-12-7-4-3-6-11(12)18-16(14)21/h3-4,6-7,13,19H,2,5,8-10H2,1H3. The molecule has 0 saturated carbocycles. The van der Waals surface area contributed by atoms with E-state index < -0.39 is 0 Å². The van der Waals surface area contributed by atoms with E-state index in [1.54, 1.807) is 4.52 Å². The van der Waals surface area contributed by atoms with Crippen LogP contribution in [0.15, 0.2) is 24.3 Å². The van der Waals surface area contributed by atoms with Gasteiger partial charge in [0.1, 0.15) is 0 Å². The van der Waals surface area contributed by atoms with E-state index >= 15 is 0 Å². The van der Waals surface area contributed by atoms with Crippen LogP contribution >= 0.6 is 0 Å². The highest BCUT2D eigenvalue weighted by Gasteiger charge is 2.31. The van der Waals surface area contributed by atoms with Gasteiger partial charge in [0.05, 0.1) is 16.6 Å². The summed E-state index contributed by atoms with van der Waals surface area (Å²) in [6, 6.07) is 8.00. The maximum absolute atomic E-state index is 14.5. The maximum atomic E-state index is 14.5. The molecule has 1 aliphatic rings. The van der Waals surface area contributed by atoms with Crippen molar-refractivity contribution in [1.82, 2.24) is 19.5 Å². The Morgan fingerprint density at radius 1 is 1.38 bits per heavy atom. The number of imidazole rings is 1. The summed E-state index contributed by atoms with van der Waals surface area (Å²) >= 11 is 0. The lowest BCUT2D eigenvalue weighted by molar-refractivity contribution is 0.254. The van der Waals surface area contributed by atoms with Crippen LogP contribution in [0.5, 0.6) is 0 Å². The first-order valence-corrected chi connectivity index (χ1v) is 7.68. The first kappa shape index (κ1) is 12.8. The Morgan fingerprint density at radius 2 is 2.24 bits per heavy atom. The number of benzene rings is 1. The number of halogens is 1. The summed E-state index contributed by atoms with van der Waals surface area (Å²) in [6.45, 7) is 4.24. The molecule has 1 unspecified atom stereocenters. The Kier molecular flexibility index (Phi) is 2.96. The molecule has 0 aliphatic carbocycles. The maximum Gasteiger partial charge on any atom is 0.214 e. The van der Waals surface area contributed by atoms with Crippen LogP contribution in [-0.4, -0.2) is 32.6 Å². The van der Waals surface area contributed by atoms with Crippen molar-refractivity contribution in [3.8, 4) is 0 Å². The minimum absolute atomic E-state index is 0.149. The lowest BCUT2D eigenvalue weighted by atomic mass is 10.1. The summed E-state index contributed by atoms with van der Waals surface area (Å²) in [6.07, 6.45) is 3.23. The molecule has 4 rings (SSSR count). The van der Waals surface area contributed by atoms with Crippen LogP contribution in [0.25, 0.3) is 16.7 Å². The molecule has 1 fully saturated rings. The topological polar surface area (TPSA) is 36.3 Å². The van der Waals surface area contributed by atoms with Crippen molar-refractivity contribution in [2.24, 2.45) is 0 Å². The second-order valence-electron chi connectivity index (χ2n) is 5.79. The van der Waals surface area contributed by atoms with E-state index in [9.17, 15) is 4.39 Å². The van der Waals surface area contributed by atoms with Gasteiger partial charge in [-0.2, -0.15) is 4.39 Å². The van der Waals surface area contributed by atoms with Crippen molar-refractivity contribution in [1.29, 1.82) is 0 Å². The van der Waals surface area contributed by atoms with E-state index in [4.69, 9.17) is 0 Å². The summed E-state index contributed by atoms with van der Waals surface area (Å²) in [5.74, 6) is -0.240. The van der Waals surface area contributed by atoms with Gasteiger partial charge in [-0.15, -0.1) is 0 Å². The summed E-state index contributed by atoms with van der Waals surface area (Å²) < 4.78 is 16.3. The second kappa shape index (κ2) is 4.84. The van der Waals surface area contributed by atoms with Gasteiger partial charge in [0.15, 0.2) is 5.65 Å². The number of nitrogens with zero attached hydrogens (tertiary/aromatic N) is 3. The normalized spacial score (nSPS) is 20.0. The predicted molar refractivity (Wildman–Crippen MR) is 80.8 cm³/mol. The number of fused-ring (bicyclic) bond motifs is 3. The molecule has 0 bridgehead atoms. The zero-order valence-electron chi connectivity index (χ0n) is 12.1. The molecular weight excluding hydrogens is 267 g/mol. The third kappa shape index (κ3) is 1.87. The fraction of sp³-hybridized carbons (Fsp3) is 0.438. The SMILES string of the molecule is CCCN1CCCC1c1c(F)[nH]n2c1nc1ccccc12. The first-order valence-electron chi connectivity index (χ1n) is 7.68. The molecule has 4 nitrogen and oxygen atoms in total. The molecule has 0 spiro atoms. The number of aromatic nitrogens is 3. The Labute approximate surface area is 122 Å². The van der Waals surface area contributed by atoms with E-state index in [2.05, 4.69) is 21.9 Å². The fourth-order valence-corrected chi connectivity index (χ4v) is 3.58. The van der Waals surface area contributed by atoms with Gasteiger partial charge in [-0.1, -0.05) is 19.1 Å². The number of para-hydroxylation sites is 2. The summed E-state index contributed by atoms with van der Waals surface area (Å²) in [4.78, 5) is 7.02. The zero-order chi connectivity index (χ0) is 14.4. The van der Waals surface area contributed by atoms with Crippen molar-refractivity contribution >= 4 is 16.7 Å². The van der Waals surface area contributed by atoms with E-state index in [-0.39, 0.29) is 12.0 Å². The third-order valence-electron chi connectivity index (χ3n) is 4.46. The Bertz CT molecular complexity index is 788. The lowest BCUT2D eigenvalue weighted by Crippen LogP contribution is -2.24. The molecule has 21 heavy (non-hydrogen) atoms. The molecule has 2 aromatic heterocycles. The third-order valence-corrected chi connectivity index (χ3v) is 4.46. The number of hydrogen-bond acceptors (Lipinski definition) is 2. The second-order valence-corrected chi connectivity index (χ2v) is 5.79. The molecule has 0 radical (unpaired) electrons. The summed E-state index contributed by atoms with van der Waals surface area (Å²) in [5.41, 5.74) is 3.31. The minimum Gasteiger partial charge on any atom is -0.296 e. The van der Waals surface area contributed by atoms with Crippen molar-refractivity contribution in [3.63, 3.8) is 0 Å². The van der Waals surface area contributed by atoms with E-state index in [0.717, 1.165) is 54.6 Å². The van der Waals surface area contributed by atoms with Crippen LogP contribution in [0.3, 0.4) is 0 Å². The lowest BCUT2D eigenvalue weighted by Gasteiger charge is -2.22. The van der Waals surface area contributed by atoms with Crippen LogP contribution in [0.2, 0.25) is 0 Å². The monoisotopic (exact) mass is 286 g/mol. The molecule has 1 aliphatic heterocycles. The van der Waals surface area contributed by atoms with Crippen LogP contribution in [0.4, 0.5) is 4.39 Å². The van der Waals surface area contributed by atoms with Gasteiger partial charge in [-0.05, 0) is 44.5 Å². The molecule has 3 aromatic rings. The Balaban J connectivity index is 1.89. The summed E-state index contributed by atoms with van der Waals surface area (Å²) in [5, 5.41) is 2.85. The molecule has 5 heteroatoms. The molecule has 3 heterocycles. The van der Waals surface area contributed by atoms with Crippen molar-refractivity contribution in [2.75, 3.05) is 13.1 Å². The van der Waals surface area contributed by atoms with E-state index in [1.807, 2.05) is 24.3 Å². The first-order chi connectivity index (χ1) is 10.3. The minimum atomic E-state index is -0.240. The number of hydrogen-bond donors (Lipinski definition) is 1. The highest BCUT2D eigenvalue weighted by Crippen LogP contribution is 2.36. The van der Waals surface area contributed by atoms with Crippen LogP contribution in [-0.2, 0) is 0 Å². The summed E-state index contributed by atoms with van der Waals surface area (Å²) in [7, 11) is 0. The van der Waals surface area contributed by atoms with E-state index in [1.165, 1.54) is 0 Å². The van der Waals surface area contributed by atoms with Crippen molar-refractivity contribution in [2.45, 2.75) is 32.2 Å². The van der Waals surface area contributed by atoms with Gasteiger partial charge in [0, 0.05) is 6.04 Å². The smallest absolute Gasteiger partial charge is 0.214 e. The Morgan fingerprint density at radius 3 is 3.10 bits per heavy atom. The zero-order valence-corrected chi connectivity index (χ0v) is 12.1. The molecule has 1 atom stereocenters. The van der Waals surface area contributed by atoms with Gasteiger partial charge < -0.3 is 0 Å². The number of H-pyrrole nitrogens is 1. The van der Waals surface area contributed by atoms with Crippen LogP contribution in [0, 0.1) is 5.95 Å². The number of aromatic amines is 1. The van der Waals surface area contributed by atoms with Gasteiger partial charge in [0.25, 0.3) is 0 Å². The fourth-order valence-electron chi connectivity index (χ4n) is 3.58. The molecule has 1 saturated heterocycles. The number of nitrogens with one attached hydrogen (secondary N) is 1. The molecular formula is C16H19FN4. The van der Waals surface area contributed by atoms with Gasteiger partial charge in [-0.3, -0.25) is 10.00 Å². The van der Waals surface area contributed by atoms with Crippen LogP contribution < -0.4 is 0 Å². The molecule has 110 valence electrons. The van der Waals surface area contributed by atoms with Gasteiger partial charge >= 0.3 is 0 Å². The molecule has 1 aromatic carbocycles. The Hall–Kier alpha value is -1.88. The average molecular weight is 286 g/mol. The quantitative estimate of drug-likeness (QED) is 0.800. The van der Waals surface area contributed by atoms with E-state index in [0.29, 0.717) is 0 Å². The number of rotatable bonds is 3. The van der Waals surface area contributed by atoms with Crippen molar-refractivity contribution < 1.29 is 4.39 Å². The number of likely N-dealkylation sites (tertiary alicyclic amines) is 1. The largest absolute Gasteiger partial charge is 0.296 e. The van der Waals surface area contributed by atoms with Gasteiger partial charge in [-0.25, -0.2) is 9.50 Å².